The van der Waals surface area contributed by atoms with Gasteiger partial charge in [0.15, 0.2) is 11.5 Å². The van der Waals surface area contributed by atoms with Crippen molar-refractivity contribution in [1.29, 1.82) is 0 Å². The van der Waals surface area contributed by atoms with Crippen molar-refractivity contribution in [3.63, 3.8) is 0 Å². The van der Waals surface area contributed by atoms with Gasteiger partial charge in [-0.3, -0.25) is 15.5 Å². The Morgan fingerprint density at radius 2 is 1.77 bits per heavy atom. The van der Waals surface area contributed by atoms with E-state index in [2.05, 4.69) is 10.5 Å². The van der Waals surface area contributed by atoms with Gasteiger partial charge in [0.2, 0.25) is 0 Å². The number of non-ortho nitro benzene ring substituents is 1. The molecule has 0 saturated carbocycles. The minimum atomic E-state index is -0.456. The maximum Gasteiger partial charge on any atom is 0.269 e. The predicted molar refractivity (Wildman–Crippen MR) is 113 cm³/mol. The van der Waals surface area contributed by atoms with Crippen LogP contribution in [0.1, 0.15) is 18.1 Å². The van der Waals surface area contributed by atoms with Crippen LogP contribution in [0.4, 0.5) is 15.8 Å². The highest BCUT2D eigenvalue weighted by Crippen LogP contribution is 2.29. The van der Waals surface area contributed by atoms with E-state index >= 15 is 0 Å². The molecule has 3 aromatic carbocycles. The fourth-order valence-electron chi connectivity index (χ4n) is 2.57. The first-order valence-electron chi connectivity index (χ1n) is 9.23. The van der Waals surface area contributed by atoms with Crippen molar-refractivity contribution in [3.8, 4) is 11.5 Å². The molecule has 0 aliphatic heterocycles. The number of nitro benzene ring substituents is 1. The Hall–Kier alpha value is -3.94. The minimum absolute atomic E-state index is 0.0158. The molecular weight excluding hydrogens is 389 g/mol. The SMILES string of the molecule is CCOc1cc(C=NNc2ccc([N+](=O)[O-])cc2)ccc1OCc1ccc(F)cc1. The molecular formula is C22H20FN3O4. The number of benzene rings is 3. The van der Waals surface area contributed by atoms with Crippen LogP contribution in [0.15, 0.2) is 71.8 Å². The van der Waals surface area contributed by atoms with Crippen molar-refractivity contribution in [2.75, 3.05) is 12.0 Å². The third-order valence-electron chi connectivity index (χ3n) is 4.06. The summed E-state index contributed by atoms with van der Waals surface area (Å²) >= 11 is 0. The summed E-state index contributed by atoms with van der Waals surface area (Å²) in [5.41, 5.74) is 5.09. The number of nitro groups is 1. The molecule has 0 unspecified atom stereocenters. The van der Waals surface area contributed by atoms with Crippen LogP contribution in [0.2, 0.25) is 0 Å². The number of hydrazone groups is 1. The number of halogens is 1. The Morgan fingerprint density at radius 3 is 2.43 bits per heavy atom. The second-order valence-electron chi connectivity index (χ2n) is 6.23. The van der Waals surface area contributed by atoms with Crippen molar-refractivity contribution in [2.24, 2.45) is 5.10 Å². The van der Waals surface area contributed by atoms with E-state index in [1.165, 1.54) is 24.3 Å². The van der Waals surface area contributed by atoms with E-state index in [9.17, 15) is 14.5 Å². The van der Waals surface area contributed by atoms with Gasteiger partial charge in [0.05, 0.1) is 23.4 Å². The summed E-state index contributed by atoms with van der Waals surface area (Å²) in [6.07, 6.45) is 1.60. The van der Waals surface area contributed by atoms with E-state index in [0.29, 0.717) is 23.8 Å². The zero-order valence-corrected chi connectivity index (χ0v) is 16.2. The van der Waals surface area contributed by atoms with Crippen LogP contribution in [0, 0.1) is 15.9 Å². The van der Waals surface area contributed by atoms with Crippen LogP contribution in [0.5, 0.6) is 11.5 Å². The highest BCUT2D eigenvalue weighted by Gasteiger charge is 2.07. The Labute approximate surface area is 172 Å². The highest BCUT2D eigenvalue weighted by molar-refractivity contribution is 5.81. The van der Waals surface area contributed by atoms with Gasteiger partial charge in [0, 0.05) is 12.1 Å². The fraction of sp³-hybridized carbons (Fsp3) is 0.136. The van der Waals surface area contributed by atoms with Crippen molar-refractivity contribution in [1.82, 2.24) is 0 Å². The summed E-state index contributed by atoms with van der Waals surface area (Å²) < 4.78 is 24.5. The average Bonchev–Trinajstić information content (AvgIpc) is 2.75. The molecule has 3 aromatic rings. The van der Waals surface area contributed by atoms with Crippen molar-refractivity contribution in [2.45, 2.75) is 13.5 Å². The second-order valence-corrected chi connectivity index (χ2v) is 6.23. The first-order valence-corrected chi connectivity index (χ1v) is 9.23. The van der Waals surface area contributed by atoms with Crippen molar-refractivity contribution >= 4 is 17.6 Å². The summed E-state index contributed by atoms with van der Waals surface area (Å²) in [5.74, 6) is 0.847. The summed E-state index contributed by atoms with van der Waals surface area (Å²) in [5, 5.41) is 14.8. The van der Waals surface area contributed by atoms with Crippen LogP contribution in [-0.2, 0) is 6.61 Å². The Morgan fingerprint density at radius 1 is 1.03 bits per heavy atom. The molecule has 154 valence electrons. The molecule has 30 heavy (non-hydrogen) atoms. The third-order valence-corrected chi connectivity index (χ3v) is 4.06. The molecule has 0 heterocycles. The molecule has 0 bridgehead atoms. The van der Waals surface area contributed by atoms with Gasteiger partial charge in [-0.05, 0) is 60.5 Å². The van der Waals surface area contributed by atoms with Gasteiger partial charge < -0.3 is 9.47 Å². The lowest BCUT2D eigenvalue weighted by molar-refractivity contribution is -0.384. The number of nitrogens with zero attached hydrogens (tertiary/aromatic N) is 2. The number of anilines is 1. The minimum Gasteiger partial charge on any atom is -0.490 e. The Balaban J connectivity index is 1.65. The van der Waals surface area contributed by atoms with Crippen LogP contribution >= 0.6 is 0 Å². The van der Waals surface area contributed by atoms with Gasteiger partial charge in [0.25, 0.3) is 5.69 Å². The first-order chi connectivity index (χ1) is 14.5. The number of rotatable bonds is 9. The van der Waals surface area contributed by atoms with Crippen LogP contribution < -0.4 is 14.9 Å². The molecule has 0 fully saturated rings. The van der Waals surface area contributed by atoms with E-state index in [4.69, 9.17) is 9.47 Å². The van der Waals surface area contributed by atoms with Crippen LogP contribution in [0.3, 0.4) is 0 Å². The molecule has 1 N–H and O–H groups in total. The smallest absolute Gasteiger partial charge is 0.269 e. The normalized spacial score (nSPS) is 10.7. The monoisotopic (exact) mass is 409 g/mol. The molecule has 3 rings (SSSR count). The van der Waals surface area contributed by atoms with E-state index < -0.39 is 4.92 Å². The Bertz CT molecular complexity index is 1020. The number of nitrogens with one attached hydrogen (secondary N) is 1. The van der Waals surface area contributed by atoms with Gasteiger partial charge in [-0.2, -0.15) is 5.10 Å². The van der Waals surface area contributed by atoms with Crippen molar-refractivity contribution in [3.05, 3.63) is 93.8 Å². The maximum absolute atomic E-state index is 13.0. The summed E-state index contributed by atoms with van der Waals surface area (Å²) in [7, 11) is 0. The summed E-state index contributed by atoms with van der Waals surface area (Å²) in [4.78, 5) is 10.2. The predicted octanol–water partition coefficient (Wildman–Crippen LogP) is 5.16. The molecule has 0 spiro atoms. The maximum atomic E-state index is 13.0. The third kappa shape index (κ3) is 5.78. The molecule has 0 amide bonds. The summed E-state index contributed by atoms with van der Waals surface area (Å²) in [6, 6.07) is 17.5. The largest absolute Gasteiger partial charge is 0.490 e. The van der Waals surface area contributed by atoms with Gasteiger partial charge in [-0.25, -0.2) is 4.39 Å². The molecule has 0 aliphatic rings. The highest BCUT2D eigenvalue weighted by atomic mass is 19.1. The average molecular weight is 409 g/mol. The first kappa shape index (κ1) is 20.8. The zero-order valence-electron chi connectivity index (χ0n) is 16.2. The molecule has 8 heteroatoms. The molecule has 0 atom stereocenters. The molecule has 0 saturated heterocycles. The lowest BCUT2D eigenvalue weighted by Gasteiger charge is -2.12. The van der Waals surface area contributed by atoms with E-state index in [1.807, 2.05) is 13.0 Å². The van der Waals surface area contributed by atoms with Crippen LogP contribution in [-0.4, -0.2) is 17.7 Å². The molecule has 0 radical (unpaired) electrons. The molecule has 7 nitrogen and oxygen atoms in total. The van der Waals surface area contributed by atoms with E-state index in [0.717, 1.165) is 11.1 Å². The van der Waals surface area contributed by atoms with Crippen molar-refractivity contribution < 1.29 is 18.8 Å². The van der Waals surface area contributed by atoms with Crippen LogP contribution in [0.25, 0.3) is 0 Å². The van der Waals surface area contributed by atoms with E-state index in [-0.39, 0.29) is 18.1 Å². The number of hydrogen-bond donors (Lipinski definition) is 1. The van der Waals surface area contributed by atoms with Gasteiger partial charge in [0.1, 0.15) is 12.4 Å². The van der Waals surface area contributed by atoms with E-state index in [1.54, 1.807) is 42.6 Å². The molecule has 0 aliphatic carbocycles. The second kappa shape index (κ2) is 10.0. The number of hydrogen-bond acceptors (Lipinski definition) is 6. The van der Waals surface area contributed by atoms with Gasteiger partial charge in [-0.1, -0.05) is 12.1 Å². The number of ether oxygens (including phenoxy) is 2. The lowest BCUT2D eigenvalue weighted by atomic mass is 10.2. The zero-order chi connectivity index (χ0) is 21.3. The summed E-state index contributed by atoms with van der Waals surface area (Å²) in [6.45, 7) is 2.63. The quantitative estimate of drug-likeness (QED) is 0.300. The molecule has 0 aromatic heterocycles. The standard InChI is InChI=1S/C22H20FN3O4/c1-2-29-22-13-17(14-24-25-19-8-10-20(11-9-19)26(27)28)5-12-21(22)30-15-16-3-6-18(23)7-4-16/h3-14,25H,2,15H2,1H3. The van der Waals surface area contributed by atoms with Gasteiger partial charge >= 0.3 is 0 Å². The topological polar surface area (TPSA) is 86.0 Å². The lowest BCUT2D eigenvalue weighted by Crippen LogP contribution is -2.01. The fourth-order valence-corrected chi connectivity index (χ4v) is 2.57. The Kier molecular flexibility index (Phi) is 6.94. The van der Waals surface area contributed by atoms with Gasteiger partial charge in [-0.15, -0.1) is 0 Å².